The van der Waals surface area contributed by atoms with Gasteiger partial charge in [0.05, 0.1) is 4.47 Å². The lowest BCUT2D eigenvalue weighted by Gasteiger charge is -2.22. The summed E-state index contributed by atoms with van der Waals surface area (Å²) in [6.45, 7) is 0. The van der Waals surface area contributed by atoms with Gasteiger partial charge in [-0.3, -0.25) is 0 Å². The van der Waals surface area contributed by atoms with E-state index in [9.17, 15) is 4.39 Å². The van der Waals surface area contributed by atoms with Crippen LogP contribution in [0.15, 0.2) is 46.9 Å². The summed E-state index contributed by atoms with van der Waals surface area (Å²) in [6, 6.07) is 14.0. The quantitative estimate of drug-likeness (QED) is 0.406. The van der Waals surface area contributed by atoms with Crippen molar-refractivity contribution in [2.75, 3.05) is 0 Å². The Kier molecular flexibility index (Phi) is 4.80. The molecule has 1 aliphatic carbocycles. The Morgan fingerprint density at radius 3 is 2.76 bits per heavy atom. The van der Waals surface area contributed by atoms with Crippen LogP contribution in [0.3, 0.4) is 0 Å². The fourth-order valence-electron chi connectivity index (χ4n) is 3.18. The normalized spacial score (nSPS) is 21.7. The lowest BCUT2D eigenvalue weighted by Crippen LogP contribution is -2.11. The zero-order chi connectivity index (χ0) is 14.8. The van der Waals surface area contributed by atoms with Gasteiger partial charge in [0.25, 0.3) is 0 Å². The Balaban J connectivity index is 1.88. The Labute approximate surface area is 142 Å². The van der Waals surface area contributed by atoms with Crippen LogP contribution in [0.4, 0.5) is 4.39 Å². The van der Waals surface area contributed by atoms with E-state index in [0.717, 1.165) is 24.8 Å². The fraction of sp³-hybridized carbons (Fsp3) is 0.333. The van der Waals surface area contributed by atoms with Gasteiger partial charge in [0.15, 0.2) is 0 Å². The first-order valence-electron chi connectivity index (χ1n) is 7.31. The largest absolute Gasteiger partial charge is 0.206 e. The summed E-state index contributed by atoms with van der Waals surface area (Å²) in [5, 5.41) is 0. The molecule has 0 N–H and O–H groups in total. The number of hydrogen-bond donors (Lipinski definition) is 0. The SMILES string of the molecule is Fc1cccc(CC2CCCc3ccccc3C2Br)c1Br. The van der Waals surface area contributed by atoms with Crippen LogP contribution in [0, 0.1) is 11.7 Å². The summed E-state index contributed by atoms with van der Waals surface area (Å²) in [4.78, 5) is 0.339. The highest BCUT2D eigenvalue weighted by Crippen LogP contribution is 2.41. The highest BCUT2D eigenvalue weighted by Gasteiger charge is 2.26. The molecular formula is C18H17Br2F. The van der Waals surface area contributed by atoms with Gasteiger partial charge in [-0.2, -0.15) is 0 Å². The van der Waals surface area contributed by atoms with Crippen LogP contribution in [0.25, 0.3) is 0 Å². The number of fused-ring (bicyclic) bond motifs is 1. The Hall–Kier alpha value is -0.670. The monoisotopic (exact) mass is 410 g/mol. The van der Waals surface area contributed by atoms with Gasteiger partial charge in [0.1, 0.15) is 5.82 Å². The van der Waals surface area contributed by atoms with E-state index in [-0.39, 0.29) is 5.82 Å². The van der Waals surface area contributed by atoms with Crippen molar-refractivity contribution < 1.29 is 4.39 Å². The minimum absolute atomic E-state index is 0.173. The maximum Gasteiger partial charge on any atom is 0.137 e. The molecule has 0 saturated heterocycles. The van der Waals surface area contributed by atoms with Crippen molar-refractivity contribution in [2.45, 2.75) is 30.5 Å². The zero-order valence-corrected chi connectivity index (χ0v) is 14.8. The standard InChI is InChI=1S/C18H17Br2F/c19-17-13(11-14-8-4-10-16(21)18(14)20)7-3-6-12-5-1-2-9-15(12)17/h1-2,4-5,8-10,13,17H,3,6-7,11H2. The number of halogens is 3. The van der Waals surface area contributed by atoms with Gasteiger partial charge in [-0.15, -0.1) is 0 Å². The predicted octanol–water partition coefficient (Wildman–Crippen LogP) is 6.22. The fourth-order valence-corrected chi connectivity index (χ4v) is 4.50. The van der Waals surface area contributed by atoms with E-state index in [0.29, 0.717) is 15.2 Å². The molecule has 3 heteroatoms. The topological polar surface area (TPSA) is 0 Å². The van der Waals surface area contributed by atoms with Gasteiger partial charge in [0.2, 0.25) is 0 Å². The lowest BCUT2D eigenvalue weighted by molar-refractivity contribution is 0.472. The molecular weight excluding hydrogens is 395 g/mol. The molecule has 1 aliphatic rings. The first-order chi connectivity index (χ1) is 10.2. The third kappa shape index (κ3) is 3.24. The van der Waals surface area contributed by atoms with Crippen LogP contribution in [0.1, 0.15) is 34.4 Å². The van der Waals surface area contributed by atoms with E-state index in [1.165, 1.54) is 23.6 Å². The molecule has 0 saturated carbocycles. The summed E-state index contributed by atoms with van der Waals surface area (Å²) in [7, 11) is 0. The van der Waals surface area contributed by atoms with E-state index < -0.39 is 0 Å². The molecule has 0 aliphatic heterocycles. The molecule has 0 bridgehead atoms. The van der Waals surface area contributed by atoms with Crippen molar-refractivity contribution >= 4 is 31.9 Å². The Bertz CT molecular complexity index is 639. The summed E-state index contributed by atoms with van der Waals surface area (Å²) < 4.78 is 14.3. The molecule has 2 atom stereocenters. The second kappa shape index (κ2) is 6.62. The first kappa shape index (κ1) is 15.2. The van der Waals surface area contributed by atoms with E-state index in [4.69, 9.17) is 0 Å². The smallest absolute Gasteiger partial charge is 0.137 e. The third-order valence-corrected chi connectivity index (χ3v) is 6.43. The van der Waals surface area contributed by atoms with Gasteiger partial charge in [-0.25, -0.2) is 4.39 Å². The summed E-state index contributed by atoms with van der Waals surface area (Å²) in [5.41, 5.74) is 3.90. The Morgan fingerprint density at radius 1 is 1.10 bits per heavy atom. The van der Waals surface area contributed by atoms with Gasteiger partial charge in [0, 0.05) is 4.83 Å². The maximum absolute atomic E-state index is 13.7. The Morgan fingerprint density at radius 2 is 1.90 bits per heavy atom. The highest BCUT2D eigenvalue weighted by atomic mass is 79.9. The number of alkyl halides is 1. The summed E-state index contributed by atoms with van der Waals surface area (Å²) >= 11 is 7.28. The van der Waals surface area contributed by atoms with E-state index in [1.807, 2.05) is 6.07 Å². The average Bonchev–Trinajstić information content (AvgIpc) is 2.65. The number of hydrogen-bond acceptors (Lipinski definition) is 0. The molecule has 2 aromatic rings. The minimum Gasteiger partial charge on any atom is -0.206 e. The van der Waals surface area contributed by atoms with Gasteiger partial charge < -0.3 is 0 Å². The second-order valence-corrected chi connectivity index (χ2v) is 7.45. The molecule has 0 heterocycles. The molecule has 2 aromatic carbocycles. The van der Waals surface area contributed by atoms with Crippen LogP contribution in [0.5, 0.6) is 0 Å². The maximum atomic E-state index is 13.7. The average molecular weight is 412 g/mol. The van der Waals surface area contributed by atoms with Crippen LogP contribution >= 0.6 is 31.9 Å². The second-order valence-electron chi connectivity index (χ2n) is 5.67. The van der Waals surface area contributed by atoms with Crippen LogP contribution in [0.2, 0.25) is 0 Å². The lowest BCUT2D eigenvalue weighted by atomic mass is 9.90. The van der Waals surface area contributed by atoms with Crippen molar-refractivity contribution in [2.24, 2.45) is 5.92 Å². The molecule has 2 unspecified atom stereocenters. The van der Waals surface area contributed by atoms with Crippen molar-refractivity contribution in [1.29, 1.82) is 0 Å². The number of benzene rings is 2. The number of rotatable bonds is 2. The third-order valence-electron chi connectivity index (χ3n) is 4.30. The molecule has 0 aromatic heterocycles. The molecule has 0 amide bonds. The van der Waals surface area contributed by atoms with Crippen molar-refractivity contribution in [3.63, 3.8) is 0 Å². The van der Waals surface area contributed by atoms with Gasteiger partial charge in [-0.1, -0.05) is 52.3 Å². The zero-order valence-electron chi connectivity index (χ0n) is 11.7. The van der Waals surface area contributed by atoms with E-state index >= 15 is 0 Å². The van der Waals surface area contributed by atoms with Crippen molar-refractivity contribution in [1.82, 2.24) is 0 Å². The molecule has 3 rings (SSSR count). The molecule has 0 fully saturated rings. The first-order valence-corrected chi connectivity index (χ1v) is 9.02. The minimum atomic E-state index is -0.173. The molecule has 0 nitrogen and oxygen atoms in total. The molecule has 110 valence electrons. The molecule has 21 heavy (non-hydrogen) atoms. The predicted molar refractivity (Wildman–Crippen MR) is 92.3 cm³/mol. The van der Waals surface area contributed by atoms with Crippen LogP contribution in [-0.4, -0.2) is 0 Å². The summed E-state index contributed by atoms with van der Waals surface area (Å²) in [6.07, 6.45) is 4.38. The highest BCUT2D eigenvalue weighted by molar-refractivity contribution is 9.10. The molecule has 0 radical (unpaired) electrons. The van der Waals surface area contributed by atoms with Gasteiger partial charge >= 0.3 is 0 Å². The van der Waals surface area contributed by atoms with E-state index in [2.05, 4.69) is 56.1 Å². The van der Waals surface area contributed by atoms with Crippen LogP contribution < -0.4 is 0 Å². The van der Waals surface area contributed by atoms with Crippen molar-refractivity contribution in [3.05, 3.63) is 69.4 Å². The van der Waals surface area contributed by atoms with E-state index in [1.54, 1.807) is 6.07 Å². The van der Waals surface area contributed by atoms with Gasteiger partial charge in [-0.05, 0) is 70.3 Å². The van der Waals surface area contributed by atoms with Crippen molar-refractivity contribution in [3.8, 4) is 0 Å². The number of aryl methyl sites for hydroxylation is 1. The van der Waals surface area contributed by atoms with Crippen LogP contribution in [-0.2, 0) is 12.8 Å². The molecule has 0 spiro atoms. The summed E-state index contributed by atoms with van der Waals surface area (Å²) in [5.74, 6) is 0.319.